The minimum atomic E-state index is -1.12. The number of aliphatic carboxylic acids is 1. The summed E-state index contributed by atoms with van der Waals surface area (Å²) in [5, 5.41) is 17.0. The van der Waals surface area contributed by atoms with E-state index in [1.165, 1.54) is 11.8 Å². The van der Waals surface area contributed by atoms with Gasteiger partial charge >= 0.3 is 5.97 Å². The molecule has 1 aromatic rings. The van der Waals surface area contributed by atoms with Crippen molar-refractivity contribution in [3.05, 3.63) is 35.9 Å². The molecule has 0 fully saturated rings. The summed E-state index contributed by atoms with van der Waals surface area (Å²) in [4.78, 5) is 48.7. The van der Waals surface area contributed by atoms with E-state index in [9.17, 15) is 24.3 Å². The van der Waals surface area contributed by atoms with Gasteiger partial charge in [0.15, 0.2) is 0 Å². The molecule has 32 heavy (non-hydrogen) atoms. The van der Waals surface area contributed by atoms with Crippen molar-refractivity contribution < 1.29 is 24.3 Å². The Labute approximate surface area is 193 Å². The molecular formula is C22H34N4O5S. The van der Waals surface area contributed by atoms with Gasteiger partial charge in [-0.2, -0.15) is 11.8 Å². The van der Waals surface area contributed by atoms with Gasteiger partial charge in [0, 0.05) is 0 Å². The topological polar surface area (TPSA) is 151 Å². The zero-order valence-electron chi connectivity index (χ0n) is 18.8. The van der Waals surface area contributed by atoms with E-state index in [2.05, 4.69) is 16.0 Å². The molecule has 0 spiro atoms. The van der Waals surface area contributed by atoms with E-state index < -0.39 is 41.8 Å². The lowest BCUT2D eigenvalue weighted by Crippen LogP contribution is -2.55. The van der Waals surface area contributed by atoms with Crippen LogP contribution in [-0.4, -0.2) is 65.5 Å². The lowest BCUT2D eigenvalue weighted by Gasteiger charge is -2.24. The zero-order valence-corrected chi connectivity index (χ0v) is 19.6. The van der Waals surface area contributed by atoms with E-state index in [0.29, 0.717) is 25.0 Å². The predicted molar refractivity (Wildman–Crippen MR) is 125 cm³/mol. The third-order valence-corrected chi connectivity index (χ3v) is 5.74. The maximum atomic E-state index is 12.7. The SMILES string of the molecule is CCC(C)C(NC(=O)C(CCSC)NC(=O)CNC(=O)C(N)Cc1ccccc1)C(=O)O. The molecule has 178 valence electrons. The number of amides is 3. The molecule has 0 saturated carbocycles. The lowest BCUT2D eigenvalue weighted by molar-refractivity contribution is -0.143. The van der Waals surface area contributed by atoms with Crippen LogP contribution in [0.2, 0.25) is 0 Å². The fourth-order valence-electron chi connectivity index (χ4n) is 2.95. The highest BCUT2D eigenvalue weighted by atomic mass is 32.2. The minimum Gasteiger partial charge on any atom is -0.480 e. The van der Waals surface area contributed by atoms with Crippen LogP contribution >= 0.6 is 11.8 Å². The van der Waals surface area contributed by atoms with E-state index in [-0.39, 0.29) is 12.5 Å². The van der Waals surface area contributed by atoms with Crippen molar-refractivity contribution in [2.45, 2.75) is 51.2 Å². The summed E-state index contributed by atoms with van der Waals surface area (Å²) in [6.07, 6.45) is 3.10. The van der Waals surface area contributed by atoms with Crippen LogP contribution in [0.5, 0.6) is 0 Å². The number of nitrogens with two attached hydrogens (primary N) is 1. The van der Waals surface area contributed by atoms with Crippen molar-refractivity contribution in [2.75, 3.05) is 18.6 Å². The van der Waals surface area contributed by atoms with Crippen LogP contribution in [0.4, 0.5) is 0 Å². The Morgan fingerprint density at radius 1 is 1.09 bits per heavy atom. The first-order valence-electron chi connectivity index (χ1n) is 10.6. The van der Waals surface area contributed by atoms with Gasteiger partial charge in [0.1, 0.15) is 12.1 Å². The smallest absolute Gasteiger partial charge is 0.326 e. The maximum Gasteiger partial charge on any atom is 0.326 e. The molecule has 0 heterocycles. The summed E-state index contributed by atoms with van der Waals surface area (Å²) >= 11 is 1.50. The van der Waals surface area contributed by atoms with Gasteiger partial charge in [0.25, 0.3) is 0 Å². The summed E-state index contributed by atoms with van der Waals surface area (Å²) in [5.74, 6) is -2.39. The van der Waals surface area contributed by atoms with E-state index in [0.717, 1.165) is 5.56 Å². The Bertz CT molecular complexity index is 762. The monoisotopic (exact) mass is 466 g/mol. The second kappa shape index (κ2) is 14.5. The number of carbonyl (C=O) groups is 4. The number of rotatable bonds is 14. The summed E-state index contributed by atoms with van der Waals surface area (Å²) in [7, 11) is 0. The molecule has 1 rings (SSSR count). The summed E-state index contributed by atoms with van der Waals surface area (Å²) in [6, 6.07) is 6.52. The van der Waals surface area contributed by atoms with Crippen molar-refractivity contribution in [3.8, 4) is 0 Å². The average molecular weight is 467 g/mol. The predicted octanol–water partition coefficient (Wildman–Crippen LogP) is 0.526. The van der Waals surface area contributed by atoms with Crippen molar-refractivity contribution in [1.29, 1.82) is 0 Å². The molecule has 0 saturated heterocycles. The van der Waals surface area contributed by atoms with Crippen molar-refractivity contribution in [1.82, 2.24) is 16.0 Å². The normalized spacial score (nSPS) is 14.5. The number of carbonyl (C=O) groups excluding carboxylic acids is 3. The third-order valence-electron chi connectivity index (χ3n) is 5.10. The Morgan fingerprint density at radius 2 is 1.75 bits per heavy atom. The van der Waals surface area contributed by atoms with E-state index >= 15 is 0 Å². The molecular weight excluding hydrogens is 432 g/mol. The van der Waals surface area contributed by atoms with Gasteiger partial charge in [-0.15, -0.1) is 0 Å². The molecule has 0 aliphatic rings. The second-order valence-corrected chi connectivity index (χ2v) is 8.61. The molecule has 0 aromatic heterocycles. The van der Waals surface area contributed by atoms with Crippen LogP contribution in [0.3, 0.4) is 0 Å². The number of carboxylic acids is 1. The first kappa shape index (κ1) is 27.4. The van der Waals surface area contributed by atoms with Crippen LogP contribution in [-0.2, 0) is 25.6 Å². The number of benzene rings is 1. The van der Waals surface area contributed by atoms with E-state index in [1.54, 1.807) is 6.92 Å². The number of nitrogens with one attached hydrogen (secondary N) is 3. The average Bonchev–Trinajstić information content (AvgIpc) is 2.78. The number of hydrogen-bond acceptors (Lipinski definition) is 6. The van der Waals surface area contributed by atoms with Gasteiger partial charge in [0.05, 0.1) is 12.6 Å². The fraction of sp³-hybridized carbons (Fsp3) is 0.545. The quantitative estimate of drug-likeness (QED) is 0.268. The Kier molecular flexibility index (Phi) is 12.4. The highest BCUT2D eigenvalue weighted by Crippen LogP contribution is 2.09. The van der Waals surface area contributed by atoms with Gasteiger partial charge in [0.2, 0.25) is 17.7 Å². The van der Waals surface area contributed by atoms with Crippen LogP contribution in [0.15, 0.2) is 30.3 Å². The molecule has 0 radical (unpaired) electrons. The van der Waals surface area contributed by atoms with E-state index in [1.807, 2.05) is 43.5 Å². The Hall–Kier alpha value is -2.59. The molecule has 6 N–H and O–H groups in total. The molecule has 9 nitrogen and oxygen atoms in total. The molecule has 4 atom stereocenters. The number of hydrogen-bond donors (Lipinski definition) is 5. The first-order valence-corrected chi connectivity index (χ1v) is 12.0. The first-order chi connectivity index (χ1) is 15.2. The molecule has 0 aliphatic carbocycles. The van der Waals surface area contributed by atoms with Gasteiger partial charge in [-0.1, -0.05) is 50.6 Å². The third kappa shape index (κ3) is 9.69. The molecule has 0 bridgehead atoms. The number of thioether (sulfide) groups is 1. The zero-order chi connectivity index (χ0) is 24.1. The Balaban J connectivity index is 2.63. The van der Waals surface area contributed by atoms with Crippen LogP contribution < -0.4 is 21.7 Å². The largest absolute Gasteiger partial charge is 0.480 e. The van der Waals surface area contributed by atoms with Crippen LogP contribution in [0, 0.1) is 5.92 Å². The van der Waals surface area contributed by atoms with E-state index in [4.69, 9.17) is 5.73 Å². The Morgan fingerprint density at radius 3 is 2.31 bits per heavy atom. The van der Waals surface area contributed by atoms with Crippen molar-refractivity contribution >= 4 is 35.5 Å². The maximum absolute atomic E-state index is 12.7. The fourth-order valence-corrected chi connectivity index (χ4v) is 3.42. The minimum absolute atomic E-state index is 0.265. The molecule has 0 aliphatic heterocycles. The van der Waals surface area contributed by atoms with Crippen molar-refractivity contribution in [2.24, 2.45) is 11.7 Å². The van der Waals surface area contributed by atoms with Crippen LogP contribution in [0.25, 0.3) is 0 Å². The highest BCUT2D eigenvalue weighted by Gasteiger charge is 2.29. The van der Waals surface area contributed by atoms with Gasteiger partial charge in [-0.3, -0.25) is 14.4 Å². The summed E-state index contributed by atoms with van der Waals surface area (Å²) < 4.78 is 0. The molecule has 10 heteroatoms. The van der Waals surface area contributed by atoms with Crippen LogP contribution in [0.1, 0.15) is 32.3 Å². The highest BCUT2D eigenvalue weighted by molar-refractivity contribution is 7.98. The lowest BCUT2D eigenvalue weighted by atomic mass is 9.99. The molecule has 3 amide bonds. The van der Waals surface area contributed by atoms with Crippen molar-refractivity contribution in [3.63, 3.8) is 0 Å². The second-order valence-electron chi connectivity index (χ2n) is 7.63. The molecule has 4 unspecified atom stereocenters. The summed E-state index contributed by atoms with van der Waals surface area (Å²) in [5.41, 5.74) is 6.81. The summed E-state index contributed by atoms with van der Waals surface area (Å²) in [6.45, 7) is 3.24. The van der Waals surface area contributed by atoms with Gasteiger partial charge < -0.3 is 26.8 Å². The van der Waals surface area contributed by atoms with Gasteiger partial charge in [-0.25, -0.2) is 4.79 Å². The van der Waals surface area contributed by atoms with Gasteiger partial charge in [-0.05, 0) is 36.3 Å². The molecule has 1 aromatic carbocycles. The standard InChI is InChI=1S/C22H34N4O5S/c1-4-14(2)19(22(30)31)26-21(29)17(10-11-32-3)25-18(27)13-24-20(28)16(23)12-15-8-6-5-7-9-15/h5-9,14,16-17,19H,4,10-13,23H2,1-3H3,(H,24,28)(H,25,27)(H,26,29)(H,30,31). The number of carboxylic acid groups (broad SMARTS) is 1.